The summed E-state index contributed by atoms with van der Waals surface area (Å²) >= 11 is 6.08. The van der Waals surface area contributed by atoms with Crippen molar-refractivity contribution in [2.75, 3.05) is 6.61 Å². The van der Waals surface area contributed by atoms with Crippen LogP contribution in [0, 0.1) is 0 Å². The molecule has 20 heavy (non-hydrogen) atoms. The number of hydrogen-bond acceptors (Lipinski definition) is 4. The van der Waals surface area contributed by atoms with Gasteiger partial charge in [0.2, 0.25) is 0 Å². The van der Waals surface area contributed by atoms with Crippen molar-refractivity contribution >= 4 is 17.6 Å². The van der Waals surface area contributed by atoms with E-state index in [4.69, 9.17) is 16.3 Å². The van der Waals surface area contributed by atoms with E-state index < -0.39 is 17.2 Å². The SMILES string of the molecule is C=CCc1c(Cl)n(CCC(=O)OCC)c(=O)n(C)c1=O. The Kier molecular flexibility index (Phi) is 5.76. The monoisotopic (exact) mass is 300 g/mol. The molecule has 0 fully saturated rings. The van der Waals surface area contributed by atoms with Crippen molar-refractivity contribution < 1.29 is 9.53 Å². The highest BCUT2D eigenvalue weighted by molar-refractivity contribution is 6.30. The predicted molar refractivity (Wildman–Crippen MR) is 76.1 cm³/mol. The average molecular weight is 301 g/mol. The van der Waals surface area contributed by atoms with E-state index in [1.165, 1.54) is 17.7 Å². The van der Waals surface area contributed by atoms with E-state index in [1.54, 1.807) is 6.92 Å². The van der Waals surface area contributed by atoms with Crippen molar-refractivity contribution in [2.45, 2.75) is 26.3 Å². The molecule has 1 heterocycles. The third kappa shape index (κ3) is 3.39. The number of allylic oxidation sites excluding steroid dienone is 1. The van der Waals surface area contributed by atoms with Crippen molar-refractivity contribution in [3.63, 3.8) is 0 Å². The number of carbonyl (C=O) groups is 1. The molecule has 0 unspecified atom stereocenters. The molecule has 7 heteroatoms. The summed E-state index contributed by atoms with van der Waals surface area (Å²) in [6.07, 6.45) is 1.80. The van der Waals surface area contributed by atoms with Crippen molar-refractivity contribution in [3.05, 3.63) is 44.2 Å². The third-order valence-electron chi connectivity index (χ3n) is 2.76. The lowest BCUT2D eigenvalue weighted by Gasteiger charge is -2.12. The Hall–Kier alpha value is -1.82. The number of carbonyl (C=O) groups excluding carboxylic acids is 1. The first kappa shape index (κ1) is 16.2. The smallest absolute Gasteiger partial charge is 0.331 e. The van der Waals surface area contributed by atoms with Crippen LogP contribution >= 0.6 is 11.6 Å². The zero-order valence-corrected chi connectivity index (χ0v) is 12.3. The Labute approximate surface area is 121 Å². The normalized spacial score (nSPS) is 10.3. The van der Waals surface area contributed by atoms with Crippen LogP contribution in [0.1, 0.15) is 18.9 Å². The largest absolute Gasteiger partial charge is 0.466 e. The second-order valence-electron chi connectivity index (χ2n) is 4.12. The highest BCUT2D eigenvalue weighted by atomic mass is 35.5. The average Bonchev–Trinajstić information content (AvgIpc) is 2.41. The molecule has 0 spiro atoms. The van der Waals surface area contributed by atoms with Gasteiger partial charge in [0.05, 0.1) is 18.6 Å². The van der Waals surface area contributed by atoms with Gasteiger partial charge in [-0.3, -0.25) is 18.7 Å². The van der Waals surface area contributed by atoms with Crippen LogP contribution in [0.3, 0.4) is 0 Å². The van der Waals surface area contributed by atoms with Crippen LogP contribution in [0.4, 0.5) is 0 Å². The molecule has 110 valence electrons. The van der Waals surface area contributed by atoms with Gasteiger partial charge in [0, 0.05) is 13.6 Å². The Morgan fingerprint density at radius 2 is 2.10 bits per heavy atom. The lowest BCUT2D eigenvalue weighted by Crippen LogP contribution is -2.40. The van der Waals surface area contributed by atoms with Crippen molar-refractivity contribution in [1.82, 2.24) is 9.13 Å². The van der Waals surface area contributed by atoms with Crippen molar-refractivity contribution in [2.24, 2.45) is 7.05 Å². The van der Waals surface area contributed by atoms with Crippen LogP contribution in [0.25, 0.3) is 0 Å². The van der Waals surface area contributed by atoms with Crippen molar-refractivity contribution in [1.29, 1.82) is 0 Å². The number of halogens is 1. The fraction of sp³-hybridized carbons (Fsp3) is 0.462. The van der Waals surface area contributed by atoms with Crippen LogP contribution in [0.15, 0.2) is 22.2 Å². The molecule has 0 atom stereocenters. The standard InChI is InChI=1S/C13H17ClN2O4/c1-4-6-9-11(14)16(8-7-10(17)20-5-2)13(19)15(3)12(9)18/h4H,1,5-8H2,2-3H3. The molecule has 0 aliphatic carbocycles. The topological polar surface area (TPSA) is 70.3 Å². The fourth-order valence-electron chi connectivity index (χ4n) is 1.75. The molecule has 1 rings (SSSR count). The molecule has 0 radical (unpaired) electrons. The molecular formula is C13H17ClN2O4. The van der Waals surface area contributed by atoms with Gasteiger partial charge in [-0.15, -0.1) is 6.58 Å². The Bertz CT molecular complexity index is 630. The minimum atomic E-state index is -0.558. The second kappa shape index (κ2) is 7.09. The molecule has 0 N–H and O–H groups in total. The first-order valence-corrected chi connectivity index (χ1v) is 6.56. The molecule has 0 saturated carbocycles. The highest BCUT2D eigenvalue weighted by Gasteiger charge is 2.15. The van der Waals surface area contributed by atoms with E-state index in [2.05, 4.69) is 6.58 Å². The predicted octanol–water partition coefficient (Wildman–Crippen LogP) is 0.882. The van der Waals surface area contributed by atoms with E-state index in [0.717, 1.165) is 4.57 Å². The van der Waals surface area contributed by atoms with Gasteiger partial charge in [0.1, 0.15) is 5.15 Å². The number of hydrogen-bond donors (Lipinski definition) is 0. The highest BCUT2D eigenvalue weighted by Crippen LogP contribution is 2.11. The summed E-state index contributed by atoms with van der Waals surface area (Å²) in [7, 11) is 1.37. The fourth-order valence-corrected chi connectivity index (χ4v) is 2.07. The summed E-state index contributed by atoms with van der Waals surface area (Å²) in [6, 6.07) is 0. The van der Waals surface area contributed by atoms with E-state index >= 15 is 0 Å². The number of esters is 1. The van der Waals surface area contributed by atoms with Gasteiger partial charge in [-0.1, -0.05) is 17.7 Å². The van der Waals surface area contributed by atoms with E-state index in [-0.39, 0.29) is 36.7 Å². The van der Waals surface area contributed by atoms with Crippen LogP contribution in [-0.2, 0) is 29.5 Å². The molecule has 1 aromatic heterocycles. The van der Waals surface area contributed by atoms with Gasteiger partial charge in [-0.25, -0.2) is 4.79 Å². The summed E-state index contributed by atoms with van der Waals surface area (Å²) in [4.78, 5) is 35.3. The van der Waals surface area contributed by atoms with Gasteiger partial charge in [-0.05, 0) is 13.3 Å². The molecule has 0 aliphatic rings. The first-order chi connectivity index (χ1) is 9.43. The Morgan fingerprint density at radius 1 is 1.45 bits per heavy atom. The van der Waals surface area contributed by atoms with E-state index in [0.29, 0.717) is 0 Å². The number of nitrogens with zero attached hydrogens (tertiary/aromatic N) is 2. The maximum absolute atomic E-state index is 12.0. The molecule has 0 aromatic carbocycles. The number of rotatable bonds is 6. The van der Waals surface area contributed by atoms with Gasteiger partial charge in [0.15, 0.2) is 0 Å². The van der Waals surface area contributed by atoms with Crippen LogP contribution in [0.5, 0.6) is 0 Å². The molecule has 0 aliphatic heterocycles. The van der Waals surface area contributed by atoms with Crippen LogP contribution < -0.4 is 11.2 Å². The molecular weight excluding hydrogens is 284 g/mol. The van der Waals surface area contributed by atoms with E-state index in [9.17, 15) is 14.4 Å². The quantitative estimate of drug-likeness (QED) is 0.444. The van der Waals surface area contributed by atoms with Crippen molar-refractivity contribution in [3.8, 4) is 0 Å². The van der Waals surface area contributed by atoms with Crippen LogP contribution in [0.2, 0.25) is 5.15 Å². The number of aromatic nitrogens is 2. The molecule has 0 amide bonds. The van der Waals surface area contributed by atoms with E-state index in [1.807, 2.05) is 0 Å². The van der Waals surface area contributed by atoms with Crippen LogP contribution in [-0.4, -0.2) is 21.7 Å². The molecule has 6 nitrogen and oxygen atoms in total. The minimum Gasteiger partial charge on any atom is -0.466 e. The lowest BCUT2D eigenvalue weighted by molar-refractivity contribution is -0.143. The minimum absolute atomic E-state index is 0.0131. The van der Waals surface area contributed by atoms with Gasteiger partial charge in [0.25, 0.3) is 5.56 Å². The lowest BCUT2D eigenvalue weighted by atomic mass is 10.2. The molecule has 1 aromatic rings. The maximum atomic E-state index is 12.0. The van der Waals surface area contributed by atoms with Gasteiger partial charge >= 0.3 is 11.7 Å². The third-order valence-corrected chi connectivity index (χ3v) is 3.19. The summed E-state index contributed by atoms with van der Waals surface area (Å²) < 4.78 is 6.95. The summed E-state index contributed by atoms with van der Waals surface area (Å²) in [5.74, 6) is -0.422. The maximum Gasteiger partial charge on any atom is 0.331 e. The zero-order valence-electron chi connectivity index (χ0n) is 11.5. The van der Waals surface area contributed by atoms with Gasteiger partial charge < -0.3 is 4.74 Å². The first-order valence-electron chi connectivity index (χ1n) is 6.18. The summed E-state index contributed by atoms with van der Waals surface area (Å²) in [5, 5.41) is 0.0438. The Morgan fingerprint density at radius 3 is 2.65 bits per heavy atom. The number of ether oxygens (including phenoxy) is 1. The summed E-state index contributed by atoms with van der Waals surface area (Å²) in [6.45, 7) is 5.59. The molecule has 0 saturated heterocycles. The second-order valence-corrected chi connectivity index (χ2v) is 4.47. The summed E-state index contributed by atoms with van der Waals surface area (Å²) in [5.41, 5.74) is -0.725. The molecule has 0 bridgehead atoms. The zero-order chi connectivity index (χ0) is 15.3. The Balaban J connectivity index is 3.19. The van der Waals surface area contributed by atoms with Gasteiger partial charge in [-0.2, -0.15) is 0 Å².